The highest BCUT2D eigenvalue weighted by Crippen LogP contribution is 2.23. The second kappa shape index (κ2) is 8.03. The van der Waals surface area contributed by atoms with Gasteiger partial charge in [-0.2, -0.15) is 0 Å². The number of hydrogen-bond acceptors (Lipinski definition) is 4. The van der Waals surface area contributed by atoms with Gasteiger partial charge < -0.3 is 14.5 Å². The lowest BCUT2D eigenvalue weighted by Gasteiger charge is -2.33. The van der Waals surface area contributed by atoms with Crippen LogP contribution in [0.5, 0.6) is 0 Å². The summed E-state index contributed by atoms with van der Waals surface area (Å²) >= 11 is 0. The van der Waals surface area contributed by atoms with Gasteiger partial charge in [-0.1, -0.05) is 6.07 Å². The monoisotopic (exact) mass is 391 g/mol. The molecule has 150 valence electrons. The highest BCUT2D eigenvalue weighted by atomic mass is 16.2. The number of likely N-dealkylation sites (tertiary alicyclic amines) is 1. The summed E-state index contributed by atoms with van der Waals surface area (Å²) in [4.78, 5) is 37.4. The van der Waals surface area contributed by atoms with E-state index in [4.69, 9.17) is 0 Å². The van der Waals surface area contributed by atoms with Crippen LogP contribution in [0.15, 0.2) is 47.7 Å². The summed E-state index contributed by atoms with van der Waals surface area (Å²) in [6, 6.07) is 7.14. The first-order chi connectivity index (χ1) is 14.0. The molecule has 1 aliphatic rings. The number of aromatic amines is 1. The van der Waals surface area contributed by atoms with E-state index in [9.17, 15) is 9.59 Å². The number of rotatable bonds is 4. The van der Waals surface area contributed by atoms with Crippen LogP contribution in [0.1, 0.15) is 34.6 Å². The third-order valence-electron chi connectivity index (χ3n) is 5.67. The van der Waals surface area contributed by atoms with E-state index < -0.39 is 0 Å². The maximum absolute atomic E-state index is 12.7. The standard InChI is InChI=1S/C22H25N5O2/c1-15-23-13-20(26(15)2)19-7-5-16(11-24-19)10-17-4-3-9-27(14-17)22(29)18-6-8-21(28)25-12-18/h5-8,11-13,17H,3-4,9-10,14H2,1-2H3,(H,25,28). The van der Waals surface area contributed by atoms with E-state index in [0.29, 0.717) is 11.5 Å². The summed E-state index contributed by atoms with van der Waals surface area (Å²) in [5.74, 6) is 1.34. The van der Waals surface area contributed by atoms with Gasteiger partial charge in [0.1, 0.15) is 5.82 Å². The van der Waals surface area contributed by atoms with Crippen molar-refractivity contribution in [1.29, 1.82) is 0 Å². The molecule has 0 aliphatic carbocycles. The van der Waals surface area contributed by atoms with E-state index in [-0.39, 0.29) is 11.5 Å². The van der Waals surface area contributed by atoms with E-state index in [0.717, 1.165) is 49.6 Å². The topological polar surface area (TPSA) is 83.9 Å². The molecular formula is C22H25N5O2. The van der Waals surface area contributed by atoms with E-state index in [1.807, 2.05) is 41.9 Å². The number of H-pyrrole nitrogens is 1. The smallest absolute Gasteiger partial charge is 0.255 e. The molecular weight excluding hydrogens is 366 g/mol. The molecule has 0 saturated carbocycles. The van der Waals surface area contributed by atoms with Crippen molar-refractivity contribution in [2.75, 3.05) is 13.1 Å². The van der Waals surface area contributed by atoms with Gasteiger partial charge in [-0.25, -0.2) is 4.98 Å². The van der Waals surface area contributed by atoms with Crippen molar-refractivity contribution < 1.29 is 4.79 Å². The number of hydrogen-bond donors (Lipinski definition) is 1. The zero-order valence-electron chi connectivity index (χ0n) is 16.8. The Labute approximate surface area is 169 Å². The number of aryl methyl sites for hydroxylation is 1. The van der Waals surface area contributed by atoms with Gasteiger partial charge in [0, 0.05) is 38.6 Å². The second-order valence-corrected chi connectivity index (χ2v) is 7.71. The minimum Gasteiger partial charge on any atom is -0.338 e. The highest BCUT2D eigenvalue weighted by Gasteiger charge is 2.25. The fraction of sp³-hybridized carbons (Fsp3) is 0.364. The lowest BCUT2D eigenvalue weighted by molar-refractivity contribution is 0.0673. The van der Waals surface area contributed by atoms with Crippen LogP contribution < -0.4 is 5.56 Å². The van der Waals surface area contributed by atoms with Crippen molar-refractivity contribution in [1.82, 2.24) is 24.4 Å². The van der Waals surface area contributed by atoms with Crippen LogP contribution in [0.25, 0.3) is 11.4 Å². The van der Waals surface area contributed by atoms with Crippen LogP contribution in [0.2, 0.25) is 0 Å². The SMILES string of the molecule is Cc1ncc(-c2ccc(CC3CCCN(C(=O)c4ccc(=O)[nH]c4)C3)cn2)n1C. The minimum absolute atomic E-state index is 0.0222. The predicted molar refractivity (Wildman–Crippen MR) is 111 cm³/mol. The number of imidazole rings is 1. The molecule has 4 heterocycles. The van der Waals surface area contributed by atoms with E-state index in [1.54, 1.807) is 6.07 Å². The average molecular weight is 391 g/mol. The Morgan fingerprint density at radius 2 is 2.07 bits per heavy atom. The van der Waals surface area contributed by atoms with E-state index >= 15 is 0 Å². The Morgan fingerprint density at radius 3 is 2.72 bits per heavy atom. The molecule has 1 fully saturated rings. The molecule has 1 aliphatic heterocycles. The van der Waals surface area contributed by atoms with Crippen molar-refractivity contribution >= 4 is 5.91 Å². The molecule has 4 rings (SSSR count). The number of nitrogens with zero attached hydrogens (tertiary/aromatic N) is 4. The molecule has 1 amide bonds. The predicted octanol–water partition coefficient (Wildman–Crippen LogP) is 2.57. The van der Waals surface area contributed by atoms with Gasteiger partial charge in [0.2, 0.25) is 5.56 Å². The minimum atomic E-state index is -0.199. The maximum atomic E-state index is 12.7. The molecule has 7 heteroatoms. The van der Waals surface area contributed by atoms with Crippen molar-refractivity contribution in [2.45, 2.75) is 26.2 Å². The molecule has 0 spiro atoms. The average Bonchev–Trinajstić information content (AvgIpc) is 3.07. The summed E-state index contributed by atoms with van der Waals surface area (Å²) in [6.07, 6.45) is 8.25. The second-order valence-electron chi connectivity index (χ2n) is 7.71. The van der Waals surface area contributed by atoms with Crippen LogP contribution >= 0.6 is 0 Å². The van der Waals surface area contributed by atoms with Crippen LogP contribution in [0.3, 0.4) is 0 Å². The summed E-state index contributed by atoms with van der Waals surface area (Å²) in [5.41, 5.74) is 3.42. The molecule has 7 nitrogen and oxygen atoms in total. The van der Waals surface area contributed by atoms with Crippen molar-refractivity contribution in [3.63, 3.8) is 0 Å². The maximum Gasteiger partial charge on any atom is 0.255 e. The van der Waals surface area contributed by atoms with Crippen molar-refractivity contribution in [3.05, 3.63) is 70.2 Å². The Kier molecular flexibility index (Phi) is 5.29. The summed E-state index contributed by atoms with van der Waals surface area (Å²) in [6.45, 7) is 3.45. The Hall–Kier alpha value is -3.22. The Bertz CT molecular complexity index is 1050. The molecule has 3 aromatic rings. The van der Waals surface area contributed by atoms with Crippen molar-refractivity contribution in [2.24, 2.45) is 13.0 Å². The number of amides is 1. The zero-order chi connectivity index (χ0) is 20.4. The zero-order valence-corrected chi connectivity index (χ0v) is 16.8. The van der Waals surface area contributed by atoms with Crippen LogP contribution in [-0.4, -0.2) is 43.4 Å². The first kappa shape index (κ1) is 19.1. The van der Waals surface area contributed by atoms with Crippen LogP contribution in [0.4, 0.5) is 0 Å². The number of pyridine rings is 2. The van der Waals surface area contributed by atoms with Gasteiger partial charge >= 0.3 is 0 Å². The first-order valence-corrected chi connectivity index (χ1v) is 9.93. The normalized spacial score (nSPS) is 16.8. The molecule has 1 saturated heterocycles. The summed E-state index contributed by atoms with van der Waals surface area (Å²) < 4.78 is 2.03. The highest BCUT2D eigenvalue weighted by molar-refractivity contribution is 5.93. The largest absolute Gasteiger partial charge is 0.338 e. The lowest BCUT2D eigenvalue weighted by atomic mass is 9.91. The lowest BCUT2D eigenvalue weighted by Crippen LogP contribution is -2.40. The summed E-state index contributed by atoms with van der Waals surface area (Å²) in [7, 11) is 1.99. The van der Waals surface area contributed by atoms with E-state index in [1.165, 1.54) is 17.8 Å². The molecule has 29 heavy (non-hydrogen) atoms. The molecule has 3 aromatic heterocycles. The number of carbonyl (C=O) groups excluding carboxylic acids is 1. The van der Waals surface area contributed by atoms with E-state index in [2.05, 4.69) is 21.0 Å². The number of piperidine rings is 1. The first-order valence-electron chi connectivity index (χ1n) is 9.93. The molecule has 1 N–H and O–H groups in total. The molecule has 0 bridgehead atoms. The molecule has 0 aromatic carbocycles. The molecule has 1 unspecified atom stereocenters. The summed E-state index contributed by atoms with van der Waals surface area (Å²) in [5, 5.41) is 0. The fourth-order valence-electron chi connectivity index (χ4n) is 3.91. The van der Waals surface area contributed by atoms with Crippen LogP contribution in [-0.2, 0) is 13.5 Å². The quantitative estimate of drug-likeness (QED) is 0.741. The van der Waals surface area contributed by atoms with Crippen molar-refractivity contribution in [3.8, 4) is 11.4 Å². The third kappa shape index (κ3) is 4.13. The molecule has 1 atom stereocenters. The van der Waals surface area contributed by atoms with Gasteiger partial charge in [-0.05, 0) is 49.8 Å². The van der Waals surface area contributed by atoms with Gasteiger partial charge in [-0.15, -0.1) is 0 Å². The van der Waals surface area contributed by atoms with Gasteiger partial charge in [-0.3, -0.25) is 14.6 Å². The third-order valence-corrected chi connectivity index (χ3v) is 5.67. The number of aromatic nitrogens is 4. The Morgan fingerprint density at radius 1 is 1.21 bits per heavy atom. The molecule has 0 radical (unpaired) electrons. The van der Waals surface area contributed by atoms with Gasteiger partial charge in [0.15, 0.2) is 0 Å². The van der Waals surface area contributed by atoms with Gasteiger partial charge in [0.25, 0.3) is 5.91 Å². The van der Waals surface area contributed by atoms with Gasteiger partial charge in [0.05, 0.1) is 23.1 Å². The number of nitrogens with one attached hydrogen (secondary N) is 1. The Balaban J connectivity index is 1.41. The fourth-order valence-corrected chi connectivity index (χ4v) is 3.91. The van der Waals surface area contributed by atoms with Crippen LogP contribution in [0, 0.1) is 12.8 Å². The number of carbonyl (C=O) groups is 1.